The molecule has 0 aliphatic rings. The summed E-state index contributed by atoms with van der Waals surface area (Å²) in [5.74, 6) is 0.994. The van der Waals surface area contributed by atoms with E-state index in [9.17, 15) is 10.2 Å². The monoisotopic (exact) mass is 252 g/mol. The summed E-state index contributed by atoms with van der Waals surface area (Å²) in [6.45, 7) is 5.76. The molecule has 0 aromatic heterocycles. The maximum Gasteiger partial charge on any atom is 0.122 e. The minimum Gasteiger partial charge on any atom is -0.496 e. The molecule has 3 unspecified atom stereocenters. The van der Waals surface area contributed by atoms with Crippen molar-refractivity contribution in [1.29, 1.82) is 0 Å². The molecule has 0 heterocycles. The Bertz CT molecular complexity index is 374. The topological polar surface area (TPSA) is 49.7 Å². The lowest BCUT2D eigenvalue weighted by Gasteiger charge is -2.21. The molecule has 0 saturated heterocycles. The maximum atomic E-state index is 9.76. The van der Waals surface area contributed by atoms with E-state index in [1.165, 1.54) is 5.56 Å². The number of hydrogen-bond acceptors (Lipinski definition) is 3. The third kappa shape index (κ3) is 3.72. The van der Waals surface area contributed by atoms with E-state index in [2.05, 4.69) is 19.1 Å². The van der Waals surface area contributed by atoms with E-state index in [-0.39, 0.29) is 5.92 Å². The summed E-state index contributed by atoms with van der Waals surface area (Å²) >= 11 is 0. The molecule has 1 aromatic rings. The SMILES string of the molecule is CCc1ccc(OC)c(C(C)CC(O)C(C)O)c1. The molecule has 3 nitrogen and oxygen atoms in total. The molecule has 1 rings (SSSR count). The van der Waals surface area contributed by atoms with Gasteiger partial charge in [-0.05, 0) is 42.9 Å². The van der Waals surface area contributed by atoms with Gasteiger partial charge in [-0.1, -0.05) is 26.0 Å². The Morgan fingerprint density at radius 3 is 2.39 bits per heavy atom. The summed E-state index contributed by atoms with van der Waals surface area (Å²) < 4.78 is 5.36. The highest BCUT2D eigenvalue weighted by molar-refractivity contribution is 5.39. The molecule has 0 fully saturated rings. The molecule has 0 aliphatic heterocycles. The number of aliphatic hydroxyl groups is 2. The molecule has 18 heavy (non-hydrogen) atoms. The van der Waals surface area contributed by atoms with Gasteiger partial charge in [-0.25, -0.2) is 0 Å². The average molecular weight is 252 g/mol. The molecule has 1 aromatic carbocycles. The second-order valence-corrected chi connectivity index (χ2v) is 4.87. The van der Waals surface area contributed by atoms with Gasteiger partial charge in [0.15, 0.2) is 0 Å². The summed E-state index contributed by atoms with van der Waals surface area (Å²) in [6.07, 6.45) is 0.104. The van der Waals surface area contributed by atoms with E-state index in [1.807, 2.05) is 13.0 Å². The smallest absolute Gasteiger partial charge is 0.122 e. The molecule has 3 atom stereocenters. The van der Waals surface area contributed by atoms with Crippen molar-refractivity contribution in [3.05, 3.63) is 29.3 Å². The van der Waals surface area contributed by atoms with Crippen molar-refractivity contribution in [3.63, 3.8) is 0 Å². The Balaban J connectivity index is 2.91. The van der Waals surface area contributed by atoms with Crippen LogP contribution in [0.4, 0.5) is 0 Å². The quantitative estimate of drug-likeness (QED) is 0.818. The molecule has 0 aliphatic carbocycles. The lowest BCUT2D eigenvalue weighted by Crippen LogP contribution is -2.24. The molecular weight excluding hydrogens is 228 g/mol. The highest BCUT2D eigenvalue weighted by Gasteiger charge is 2.19. The van der Waals surface area contributed by atoms with Crippen molar-refractivity contribution in [3.8, 4) is 5.75 Å². The first-order valence-corrected chi connectivity index (χ1v) is 6.52. The molecule has 0 radical (unpaired) electrons. The zero-order valence-electron chi connectivity index (χ0n) is 11.7. The van der Waals surface area contributed by atoms with Crippen LogP contribution in [0.15, 0.2) is 18.2 Å². The third-order valence-electron chi connectivity index (χ3n) is 3.39. The van der Waals surface area contributed by atoms with Gasteiger partial charge in [0.2, 0.25) is 0 Å². The predicted molar refractivity (Wildman–Crippen MR) is 73.1 cm³/mol. The Hall–Kier alpha value is -1.06. The third-order valence-corrected chi connectivity index (χ3v) is 3.39. The summed E-state index contributed by atoms with van der Waals surface area (Å²) in [4.78, 5) is 0. The van der Waals surface area contributed by atoms with E-state index >= 15 is 0 Å². The van der Waals surface area contributed by atoms with Crippen molar-refractivity contribution in [1.82, 2.24) is 0 Å². The van der Waals surface area contributed by atoms with Gasteiger partial charge in [-0.2, -0.15) is 0 Å². The van der Waals surface area contributed by atoms with Crippen LogP contribution < -0.4 is 4.74 Å². The van der Waals surface area contributed by atoms with Crippen LogP contribution in [-0.4, -0.2) is 29.5 Å². The molecule has 0 spiro atoms. The number of ether oxygens (including phenoxy) is 1. The molecule has 2 N–H and O–H groups in total. The van der Waals surface area contributed by atoms with Crippen LogP contribution in [-0.2, 0) is 6.42 Å². The lowest BCUT2D eigenvalue weighted by molar-refractivity contribution is 0.0226. The fourth-order valence-corrected chi connectivity index (χ4v) is 2.07. The Labute approximate surface area is 109 Å². The zero-order valence-corrected chi connectivity index (χ0v) is 11.7. The molecule has 3 heteroatoms. The van der Waals surface area contributed by atoms with E-state index in [1.54, 1.807) is 14.0 Å². The van der Waals surface area contributed by atoms with E-state index < -0.39 is 12.2 Å². The van der Waals surface area contributed by atoms with Crippen LogP contribution in [0, 0.1) is 0 Å². The fourth-order valence-electron chi connectivity index (χ4n) is 2.07. The second kappa shape index (κ2) is 6.76. The molecular formula is C15H24O3. The molecule has 0 bridgehead atoms. The van der Waals surface area contributed by atoms with Crippen molar-refractivity contribution >= 4 is 0 Å². The van der Waals surface area contributed by atoms with Gasteiger partial charge in [-0.15, -0.1) is 0 Å². The Morgan fingerprint density at radius 2 is 1.89 bits per heavy atom. The van der Waals surface area contributed by atoms with Gasteiger partial charge in [-0.3, -0.25) is 0 Å². The van der Waals surface area contributed by atoms with Crippen LogP contribution in [0.5, 0.6) is 5.75 Å². The lowest BCUT2D eigenvalue weighted by atomic mass is 9.91. The maximum absolute atomic E-state index is 9.76. The summed E-state index contributed by atoms with van der Waals surface area (Å²) in [7, 11) is 1.66. The normalized spacial score (nSPS) is 16.1. The summed E-state index contributed by atoms with van der Waals surface area (Å²) in [5, 5.41) is 19.1. The molecule has 102 valence electrons. The van der Waals surface area contributed by atoms with Gasteiger partial charge < -0.3 is 14.9 Å². The van der Waals surface area contributed by atoms with Gasteiger partial charge >= 0.3 is 0 Å². The second-order valence-electron chi connectivity index (χ2n) is 4.87. The average Bonchev–Trinajstić information content (AvgIpc) is 2.37. The van der Waals surface area contributed by atoms with Crippen molar-refractivity contribution < 1.29 is 14.9 Å². The Kier molecular flexibility index (Phi) is 5.63. The first-order valence-electron chi connectivity index (χ1n) is 6.52. The zero-order chi connectivity index (χ0) is 13.7. The van der Waals surface area contributed by atoms with Crippen LogP contribution >= 0.6 is 0 Å². The summed E-state index contributed by atoms with van der Waals surface area (Å²) in [6, 6.07) is 6.15. The number of aliphatic hydroxyl groups excluding tert-OH is 2. The first-order chi connectivity index (χ1) is 8.49. The first kappa shape index (κ1) is 15.0. The number of aryl methyl sites for hydroxylation is 1. The summed E-state index contributed by atoms with van der Waals surface area (Å²) in [5.41, 5.74) is 2.35. The van der Waals surface area contributed by atoms with Crippen LogP contribution in [0.25, 0.3) is 0 Å². The van der Waals surface area contributed by atoms with Crippen molar-refractivity contribution in [2.45, 2.75) is 51.7 Å². The van der Waals surface area contributed by atoms with Crippen LogP contribution in [0.3, 0.4) is 0 Å². The van der Waals surface area contributed by atoms with Crippen molar-refractivity contribution in [2.24, 2.45) is 0 Å². The highest BCUT2D eigenvalue weighted by Crippen LogP contribution is 2.31. The predicted octanol–water partition coefficient (Wildman–Crippen LogP) is 2.49. The number of benzene rings is 1. The van der Waals surface area contributed by atoms with E-state index in [4.69, 9.17) is 4.74 Å². The molecule has 0 amide bonds. The van der Waals surface area contributed by atoms with Gasteiger partial charge in [0.1, 0.15) is 5.75 Å². The minimum absolute atomic E-state index is 0.149. The van der Waals surface area contributed by atoms with E-state index in [0.717, 1.165) is 17.7 Å². The largest absolute Gasteiger partial charge is 0.496 e. The minimum atomic E-state index is -0.701. The van der Waals surface area contributed by atoms with Crippen molar-refractivity contribution in [2.75, 3.05) is 7.11 Å². The Morgan fingerprint density at radius 1 is 1.22 bits per heavy atom. The number of rotatable bonds is 6. The van der Waals surface area contributed by atoms with Crippen LogP contribution in [0.1, 0.15) is 44.2 Å². The van der Waals surface area contributed by atoms with Gasteiger partial charge in [0.05, 0.1) is 19.3 Å². The highest BCUT2D eigenvalue weighted by atomic mass is 16.5. The standard InChI is InChI=1S/C15H24O3/c1-5-12-6-7-15(18-4)13(9-12)10(2)8-14(17)11(3)16/h6-7,9-11,14,16-17H,5,8H2,1-4H3. The number of hydrogen-bond donors (Lipinski definition) is 2. The molecule has 0 saturated carbocycles. The van der Waals surface area contributed by atoms with Gasteiger partial charge in [0.25, 0.3) is 0 Å². The number of methoxy groups -OCH3 is 1. The van der Waals surface area contributed by atoms with Gasteiger partial charge in [0, 0.05) is 0 Å². The van der Waals surface area contributed by atoms with E-state index in [0.29, 0.717) is 6.42 Å². The van der Waals surface area contributed by atoms with Crippen LogP contribution in [0.2, 0.25) is 0 Å². The fraction of sp³-hybridized carbons (Fsp3) is 0.600.